The molecular weight excluding hydrogens is 286 g/mol. The van der Waals surface area contributed by atoms with Crippen molar-refractivity contribution < 1.29 is 5.21 Å². The summed E-state index contributed by atoms with van der Waals surface area (Å²) < 4.78 is 0. The molecule has 0 aliphatic rings. The van der Waals surface area contributed by atoms with E-state index in [4.69, 9.17) is 22.5 Å². The van der Waals surface area contributed by atoms with Crippen molar-refractivity contribution in [2.75, 3.05) is 11.9 Å². The number of hydrogen-bond donors (Lipinski definition) is 2. The van der Waals surface area contributed by atoms with Gasteiger partial charge < -0.3 is 15.8 Å². The largest absolute Gasteiger partial charge is 0.409 e. The highest BCUT2D eigenvalue weighted by atomic mass is 35.5. The van der Waals surface area contributed by atoms with Crippen LogP contribution in [-0.4, -0.2) is 18.1 Å². The van der Waals surface area contributed by atoms with Crippen molar-refractivity contribution in [3.05, 3.63) is 64.2 Å². The Kier molecular flexibility index (Phi) is 4.70. The van der Waals surface area contributed by atoms with Gasteiger partial charge in [-0.25, -0.2) is 0 Å². The van der Waals surface area contributed by atoms with E-state index < -0.39 is 0 Å². The number of benzene rings is 2. The van der Waals surface area contributed by atoms with Gasteiger partial charge in [0, 0.05) is 24.2 Å². The first-order valence-corrected chi connectivity index (χ1v) is 6.94. The second-order valence-corrected chi connectivity index (χ2v) is 5.38. The van der Waals surface area contributed by atoms with Gasteiger partial charge in [0.15, 0.2) is 5.84 Å². The lowest BCUT2D eigenvalue weighted by atomic mass is 10.1. The van der Waals surface area contributed by atoms with Gasteiger partial charge in [-0.3, -0.25) is 0 Å². The maximum atomic E-state index is 8.94. The monoisotopic (exact) mass is 303 g/mol. The Morgan fingerprint density at radius 1 is 1.24 bits per heavy atom. The quantitative estimate of drug-likeness (QED) is 0.394. The fraction of sp³-hybridized carbons (Fsp3) is 0.188. The van der Waals surface area contributed by atoms with E-state index in [9.17, 15) is 0 Å². The molecule has 0 bridgehead atoms. The molecule has 0 heterocycles. The Morgan fingerprint density at radius 2 is 1.90 bits per heavy atom. The van der Waals surface area contributed by atoms with Crippen LogP contribution in [0, 0.1) is 6.92 Å². The molecule has 0 aliphatic heterocycles. The average molecular weight is 304 g/mol. The minimum absolute atomic E-state index is 0.108. The summed E-state index contributed by atoms with van der Waals surface area (Å²) in [6.45, 7) is 2.70. The molecule has 0 atom stereocenters. The van der Waals surface area contributed by atoms with Gasteiger partial charge in [0.05, 0.1) is 5.69 Å². The first kappa shape index (κ1) is 15.2. The summed E-state index contributed by atoms with van der Waals surface area (Å²) in [5, 5.41) is 12.8. The molecule has 0 saturated carbocycles. The van der Waals surface area contributed by atoms with Crippen molar-refractivity contribution in [3.63, 3.8) is 0 Å². The van der Waals surface area contributed by atoms with Crippen LogP contribution in [0.15, 0.2) is 47.6 Å². The molecule has 0 fully saturated rings. The Labute approximate surface area is 129 Å². The highest BCUT2D eigenvalue weighted by Crippen LogP contribution is 2.25. The lowest BCUT2D eigenvalue weighted by Gasteiger charge is -2.24. The summed E-state index contributed by atoms with van der Waals surface area (Å²) in [7, 11) is 1.98. The Bertz CT molecular complexity index is 653. The molecule has 0 saturated heterocycles. The van der Waals surface area contributed by atoms with E-state index in [1.165, 1.54) is 0 Å². The highest BCUT2D eigenvalue weighted by Gasteiger charge is 2.13. The maximum Gasteiger partial charge on any atom is 0.172 e. The molecule has 110 valence electrons. The van der Waals surface area contributed by atoms with Gasteiger partial charge in [-0.1, -0.05) is 41.0 Å². The van der Waals surface area contributed by atoms with Crippen molar-refractivity contribution in [2.45, 2.75) is 13.5 Å². The number of rotatable bonds is 4. The van der Waals surface area contributed by atoms with E-state index in [-0.39, 0.29) is 5.84 Å². The number of para-hydroxylation sites is 1. The van der Waals surface area contributed by atoms with Crippen LogP contribution in [0.1, 0.15) is 16.7 Å². The molecule has 21 heavy (non-hydrogen) atoms. The van der Waals surface area contributed by atoms with Crippen LogP contribution in [-0.2, 0) is 6.54 Å². The Balaban J connectivity index is 2.34. The van der Waals surface area contributed by atoms with E-state index in [0.717, 1.165) is 21.8 Å². The third-order valence-corrected chi connectivity index (χ3v) is 3.59. The molecule has 2 aromatic carbocycles. The number of nitrogens with zero attached hydrogens (tertiary/aromatic N) is 2. The molecule has 2 aromatic rings. The van der Waals surface area contributed by atoms with Crippen LogP contribution in [0.2, 0.25) is 5.02 Å². The van der Waals surface area contributed by atoms with Crippen LogP contribution in [0.3, 0.4) is 0 Å². The number of hydrogen-bond acceptors (Lipinski definition) is 3. The first-order valence-electron chi connectivity index (χ1n) is 6.56. The fourth-order valence-electron chi connectivity index (χ4n) is 2.37. The van der Waals surface area contributed by atoms with E-state index in [2.05, 4.69) is 10.1 Å². The highest BCUT2D eigenvalue weighted by molar-refractivity contribution is 6.30. The molecule has 4 nitrogen and oxygen atoms in total. The van der Waals surface area contributed by atoms with Crippen molar-refractivity contribution in [1.29, 1.82) is 0 Å². The molecule has 2 rings (SSSR count). The predicted molar refractivity (Wildman–Crippen MR) is 87.2 cm³/mol. The molecule has 0 aromatic heterocycles. The summed E-state index contributed by atoms with van der Waals surface area (Å²) in [4.78, 5) is 2.08. The summed E-state index contributed by atoms with van der Waals surface area (Å²) in [5.74, 6) is 0.108. The second kappa shape index (κ2) is 6.50. The lowest BCUT2D eigenvalue weighted by molar-refractivity contribution is 0.318. The van der Waals surface area contributed by atoms with Gasteiger partial charge in [-0.2, -0.15) is 0 Å². The zero-order chi connectivity index (χ0) is 15.4. The van der Waals surface area contributed by atoms with Gasteiger partial charge >= 0.3 is 0 Å². The third-order valence-electron chi connectivity index (χ3n) is 3.34. The maximum absolute atomic E-state index is 8.94. The normalized spacial score (nSPS) is 11.5. The summed E-state index contributed by atoms with van der Waals surface area (Å²) in [5.41, 5.74) is 9.63. The lowest BCUT2D eigenvalue weighted by Crippen LogP contribution is -2.23. The Morgan fingerprint density at radius 3 is 2.52 bits per heavy atom. The number of halogens is 1. The van der Waals surface area contributed by atoms with Crippen LogP contribution >= 0.6 is 11.6 Å². The van der Waals surface area contributed by atoms with Crippen LogP contribution in [0.25, 0.3) is 0 Å². The van der Waals surface area contributed by atoms with Crippen molar-refractivity contribution in [1.82, 2.24) is 0 Å². The second-order valence-electron chi connectivity index (χ2n) is 4.94. The number of oxime groups is 1. The Hall–Kier alpha value is -2.20. The van der Waals surface area contributed by atoms with Crippen molar-refractivity contribution in [3.8, 4) is 0 Å². The zero-order valence-corrected chi connectivity index (χ0v) is 12.8. The van der Waals surface area contributed by atoms with Crippen LogP contribution in [0.4, 0.5) is 5.69 Å². The molecule has 0 spiro atoms. The van der Waals surface area contributed by atoms with Crippen LogP contribution < -0.4 is 10.6 Å². The van der Waals surface area contributed by atoms with E-state index in [0.29, 0.717) is 12.1 Å². The number of anilines is 1. The SMILES string of the molecule is Cc1cccc(/C(N)=N/O)c1N(C)Cc1ccc(Cl)cc1. The average Bonchev–Trinajstić information content (AvgIpc) is 2.48. The predicted octanol–water partition coefficient (Wildman–Crippen LogP) is 3.38. The molecule has 5 heteroatoms. The van der Waals surface area contributed by atoms with Crippen molar-refractivity contribution >= 4 is 23.1 Å². The minimum Gasteiger partial charge on any atom is -0.409 e. The van der Waals surface area contributed by atoms with Crippen LogP contribution in [0.5, 0.6) is 0 Å². The molecule has 3 N–H and O–H groups in total. The third kappa shape index (κ3) is 3.47. The van der Waals surface area contributed by atoms with E-state index in [1.807, 2.05) is 56.4 Å². The van der Waals surface area contributed by atoms with Crippen molar-refractivity contribution in [2.24, 2.45) is 10.9 Å². The van der Waals surface area contributed by atoms with Gasteiger partial charge in [-0.15, -0.1) is 0 Å². The molecule has 0 unspecified atom stereocenters. The molecule has 0 aliphatic carbocycles. The molecular formula is C16H18ClN3O. The number of nitrogens with two attached hydrogens (primary N) is 1. The fourth-order valence-corrected chi connectivity index (χ4v) is 2.49. The topological polar surface area (TPSA) is 61.9 Å². The first-order chi connectivity index (χ1) is 10.0. The standard InChI is InChI=1S/C16H18ClN3O/c1-11-4-3-5-14(16(18)19-21)15(11)20(2)10-12-6-8-13(17)9-7-12/h3-9,21H,10H2,1-2H3,(H2,18,19). The molecule has 0 radical (unpaired) electrons. The van der Waals surface area contributed by atoms with Gasteiger partial charge in [-0.05, 0) is 36.2 Å². The van der Waals surface area contributed by atoms with Gasteiger partial charge in [0.25, 0.3) is 0 Å². The number of amidine groups is 1. The zero-order valence-electron chi connectivity index (χ0n) is 12.0. The smallest absolute Gasteiger partial charge is 0.172 e. The van der Waals surface area contributed by atoms with Gasteiger partial charge in [0.2, 0.25) is 0 Å². The summed E-state index contributed by atoms with van der Waals surface area (Å²) in [6.07, 6.45) is 0. The summed E-state index contributed by atoms with van der Waals surface area (Å²) >= 11 is 5.90. The van der Waals surface area contributed by atoms with Gasteiger partial charge in [0.1, 0.15) is 0 Å². The number of aryl methyl sites for hydroxylation is 1. The minimum atomic E-state index is 0.108. The van der Waals surface area contributed by atoms with E-state index in [1.54, 1.807) is 0 Å². The molecule has 0 amide bonds. The summed E-state index contributed by atoms with van der Waals surface area (Å²) in [6, 6.07) is 13.4. The van der Waals surface area contributed by atoms with E-state index >= 15 is 0 Å².